The fourth-order valence-corrected chi connectivity index (χ4v) is 2.72. The highest BCUT2D eigenvalue weighted by atomic mass is 16.2. The van der Waals surface area contributed by atoms with Gasteiger partial charge in [-0.3, -0.25) is 4.79 Å². The van der Waals surface area contributed by atoms with Crippen molar-refractivity contribution in [1.29, 1.82) is 0 Å². The average molecular weight is 225 g/mol. The van der Waals surface area contributed by atoms with Crippen molar-refractivity contribution in [2.75, 3.05) is 40.8 Å². The fourth-order valence-electron chi connectivity index (χ4n) is 2.72. The van der Waals surface area contributed by atoms with Crippen molar-refractivity contribution in [3.05, 3.63) is 0 Å². The Bertz CT molecular complexity index is 275. The van der Waals surface area contributed by atoms with E-state index >= 15 is 0 Å². The van der Waals surface area contributed by atoms with Crippen molar-refractivity contribution in [2.45, 2.75) is 25.3 Å². The van der Waals surface area contributed by atoms with Crippen LogP contribution in [0.3, 0.4) is 0 Å². The molecule has 0 spiro atoms. The molecule has 1 amide bonds. The van der Waals surface area contributed by atoms with Gasteiger partial charge in [-0.25, -0.2) is 0 Å². The highest BCUT2D eigenvalue weighted by Gasteiger charge is 2.51. The summed E-state index contributed by atoms with van der Waals surface area (Å²) in [6.45, 7) is 2.97. The lowest BCUT2D eigenvalue weighted by molar-refractivity contribution is -0.137. The standard InChI is InChI=1S/C12H23N3O/c1-13-9-12(5-6-12)11(16)15(3)10-4-7-14(2)8-10/h10,13H,4-9H2,1-3H3. The third-order valence-corrected chi connectivity index (χ3v) is 4.06. The smallest absolute Gasteiger partial charge is 0.230 e. The molecule has 2 rings (SSSR count). The van der Waals surface area contributed by atoms with Crippen molar-refractivity contribution in [3.63, 3.8) is 0 Å². The summed E-state index contributed by atoms with van der Waals surface area (Å²) in [5.41, 5.74) is -0.0648. The van der Waals surface area contributed by atoms with E-state index in [1.54, 1.807) is 0 Å². The molecule has 0 aromatic carbocycles. The predicted octanol–water partition coefficient (Wildman–Crippen LogP) is 0.149. The molecule has 92 valence electrons. The predicted molar refractivity (Wildman–Crippen MR) is 64.3 cm³/mol. The van der Waals surface area contributed by atoms with Crippen LogP contribution in [0.1, 0.15) is 19.3 Å². The number of carbonyl (C=O) groups is 1. The minimum atomic E-state index is -0.0648. The van der Waals surface area contributed by atoms with E-state index in [2.05, 4.69) is 17.3 Å². The molecule has 1 heterocycles. The molecule has 0 radical (unpaired) electrons. The number of hydrogen-bond acceptors (Lipinski definition) is 3. The van der Waals surface area contributed by atoms with E-state index in [4.69, 9.17) is 0 Å². The minimum Gasteiger partial charge on any atom is -0.341 e. The minimum absolute atomic E-state index is 0.0648. The van der Waals surface area contributed by atoms with Gasteiger partial charge in [0, 0.05) is 26.2 Å². The zero-order valence-corrected chi connectivity index (χ0v) is 10.6. The third kappa shape index (κ3) is 2.09. The van der Waals surface area contributed by atoms with Crippen molar-refractivity contribution in [3.8, 4) is 0 Å². The summed E-state index contributed by atoms with van der Waals surface area (Å²) in [4.78, 5) is 16.7. The van der Waals surface area contributed by atoms with Crippen LogP contribution in [0, 0.1) is 5.41 Å². The summed E-state index contributed by atoms with van der Waals surface area (Å²) in [6.07, 6.45) is 3.23. The Morgan fingerprint density at radius 2 is 2.25 bits per heavy atom. The molecule has 16 heavy (non-hydrogen) atoms. The van der Waals surface area contributed by atoms with Gasteiger partial charge in [0.25, 0.3) is 0 Å². The first-order valence-corrected chi connectivity index (χ1v) is 6.19. The first-order chi connectivity index (χ1) is 7.59. The number of rotatable bonds is 4. The maximum atomic E-state index is 12.4. The van der Waals surface area contributed by atoms with Gasteiger partial charge in [0.1, 0.15) is 0 Å². The normalized spacial score (nSPS) is 28.1. The summed E-state index contributed by atoms with van der Waals surface area (Å²) in [5, 5.41) is 3.15. The molecule has 1 aliphatic heterocycles. The zero-order chi connectivity index (χ0) is 11.8. The van der Waals surface area contributed by atoms with Gasteiger partial charge in [-0.05, 0) is 39.9 Å². The average Bonchev–Trinajstić information content (AvgIpc) is 2.92. The van der Waals surface area contributed by atoms with Gasteiger partial charge < -0.3 is 15.1 Å². The Hall–Kier alpha value is -0.610. The number of hydrogen-bond donors (Lipinski definition) is 1. The monoisotopic (exact) mass is 225 g/mol. The van der Waals surface area contributed by atoms with Crippen LogP contribution < -0.4 is 5.32 Å². The molecule has 1 unspecified atom stereocenters. The lowest BCUT2D eigenvalue weighted by atomic mass is 10.0. The van der Waals surface area contributed by atoms with Crippen LogP contribution in [0.25, 0.3) is 0 Å². The quantitative estimate of drug-likeness (QED) is 0.740. The molecule has 1 saturated carbocycles. The van der Waals surface area contributed by atoms with Crippen molar-refractivity contribution in [1.82, 2.24) is 15.1 Å². The van der Waals surface area contributed by atoms with E-state index in [9.17, 15) is 4.79 Å². The molecule has 0 bridgehead atoms. The lowest BCUT2D eigenvalue weighted by Gasteiger charge is -2.28. The number of amides is 1. The Kier molecular flexibility index (Phi) is 3.22. The molecular formula is C12H23N3O. The molecule has 1 saturated heterocycles. The second-order valence-electron chi connectivity index (χ2n) is 5.43. The molecule has 2 aliphatic rings. The van der Waals surface area contributed by atoms with Gasteiger partial charge in [-0.1, -0.05) is 0 Å². The molecule has 1 atom stereocenters. The number of nitrogens with zero attached hydrogens (tertiary/aromatic N) is 2. The molecule has 2 fully saturated rings. The van der Waals surface area contributed by atoms with Gasteiger partial charge in [-0.2, -0.15) is 0 Å². The second-order valence-corrected chi connectivity index (χ2v) is 5.43. The van der Waals surface area contributed by atoms with Crippen LogP contribution >= 0.6 is 0 Å². The first kappa shape index (κ1) is 11.9. The molecule has 4 heteroatoms. The van der Waals surface area contributed by atoms with Gasteiger partial charge >= 0.3 is 0 Å². The van der Waals surface area contributed by atoms with E-state index < -0.39 is 0 Å². The maximum absolute atomic E-state index is 12.4. The molecular weight excluding hydrogens is 202 g/mol. The van der Waals surface area contributed by atoms with Gasteiger partial charge in [0.05, 0.1) is 5.41 Å². The van der Waals surface area contributed by atoms with E-state index in [-0.39, 0.29) is 5.41 Å². The zero-order valence-electron chi connectivity index (χ0n) is 10.6. The first-order valence-electron chi connectivity index (χ1n) is 6.19. The SMILES string of the molecule is CNCC1(C(=O)N(C)C2CCN(C)C2)CC1. The number of likely N-dealkylation sites (N-methyl/N-ethyl adjacent to an activating group) is 2. The van der Waals surface area contributed by atoms with E-state index in [0.717, 1.165) is 38.9 Å². The van der Waals surface area contributed by atoms with E-state index in [1.165, 1.54) is 0 Å². The van der Waals surface area contributed by atoms with Crippen LogP contribution in [0.4, 0.5) is 0 Å². The third-order valence-electron chi connectivity index (χ3n) is 4.06. The van der Waals surface area contributed by atoms with Gasteiger partial charge in [0.15, 0.2) is 0 Å². The number of nitrogens with one attached hydrogen (secondary N) is 1. The Labute approximate surface area is 98.0 Å². The Morgan fingerprint density at radius 3 is 2.69 bits per heavy atom. The van der Waals surface area contributed by atoms with Crippen LogP contribution in [-0.4, -0.2) is 62.5 Å². The van der Waals surface area contributed by atoms with Gasteiger partial charge in [0.2, 0.25) is 5.91 Å². The highest BCUT2D eigenvalue weighted by molar-refractivity contribution is 5.85. The van der Waals surface area contributed by atoms with Crippen molar-refractivity contribution < 1.29 is 4.79 Å². The van der Waals surface area contributed by atoms with E-state index in [1.807, 2.05) is 19.0 Å². The number of likely N-dealkylation sites (tertiary alicyclic amines) is 1. The van der Waals surface area contributed by atoms with Crippen LogP contribution in [-0.2, 0) is 4.79 Å². The summed E-state index contributed by atoms with van der Waals surface area (Å²) >= 11 is 0. The molecule has 0 aromatic rings. The largest absolute Gasteiger partial charge is 0.341 e. The molecule has 0 aromatic heterocycles. The summed E-state index contributed by atoms with van der Waals surface area (Å²) < 4.78 is 0. The number of carbonyl (C=O) groups excluding carboxylic acids is 1. The molecule has 1 aliphatic carbocycles. The highest BCUT2D eigenvalue weighted by Crippen LogP contribution is 2.46. The Morgan fingerprint density at radius 1 is 1.56 bits per heavy atom. The molecule has 4 nitrogen and oxygen atoms in total. The summed E-state index contributed by atoms with van der Waals surface area (Å²) in [7, 11) is 6.03. The van der Waals surface area contributed by atoms with Crippen LogP contribution in [0.15, 0.2) is 0 Å². The topological polar surface area (TPSA) is 35.6 Å². The van der Waals surface area contributed by atoms with Crippen molar-refractivity contribution >= 4 is 5.91 Å². The second kappa shape index (κ2) is 4.34. The van der Waals surface area contributed by atoms with Crippen LogP contribution in [0.5, 0.6) is 0 Å². The summed E-state index contributed by atoms with van der Waals surface area (Å²) in [6, 6.07) is 0.423. The fraction of sp³-hybridized carbons (Fsp3) is 0.917. The maximum Gasteiger partial charge on any atom is 0.230 e. The summed E-state index contributed by atoms with van der Waals surface area (Å²) in [5.74, 6) is 0.349. The van der Waals surface area contributed by atoms with Gasteiger partial charge in [-0.15, -0.1) is 0 Å². The molecule has 1 N–H and O–H groups in total. The van der Waals surface area contributed by atoms with Crippen molar-refractivity contribution in [2.24, 2.45) is 5.41 Å². The van der Waals surface area contributed by atoms with E-state index in [0.29, 0.717) is 11.9 Å². The Balaban J connectivity index is 1.94. The lowest BCUT2D eigenvalue weighted by Crippen LogP contribution is -2.45. The van der Waals surface area contributed by atoms with Crippen LogP contribution in [0.2, 0.25) is 0 Å².